The lowest BCUT2D eigenvalue weighted by Crippen LogP contribution is -2.00. The van der Waals surface area contributed by atoms with Crippen molar-refractivity contribution in [2.24, 2.45) is 0 Å². The second-order valence-electron chi connectivity index (χ2n) is 9.91. The maximum atomic E-state index is 6.10. The van der Waals surface area contributed by atoms with E-state index in [2.05, 4.69) is 109 Å². The zero-order valence-corrected chi connectivity index (χ0v) is 21.6. The Morgan fingerprint density at radius 1 is 0.316 bits per heavy atom. The van der Waals surface area contributed by atoms with E-state index in [9.17, 15) is 0 Å². The van der Waals surface area contributed by atoms with Gasteiger partial charge in [-0.2, -0.15) is 0 Å². The minimum atomic E-state index is 0.734. The van der Waals surface area contributed by atoms with Crippen molar-refractivity contribution in [3.8, 4) is 56.0 Å². The van der Waals surface area contributed by atoms with Gasteiger partial charge in [-0.25, -0.2) is 0 Å². The van der Waals surface area contributed by atoms with Crippen LogP contribution in [0.25, 0.3) is 44.5 Å². The van der Waals surface area contributed by atoms with Crippen molar-refractivity contribution in [1.29, 1.82) is 0 Å². The lowest BCUT2D eigenvalue weighted by molar-refractivity contribution is 0.287. The highest BCUT2D eigenvalue weighted by molar-refractivity contribution is 5.79. The molecular formula is C36H32O2. The van der Waals surface area contributed by atoms with Gasteiger partial charge in [-0.3, -0.25) is 0 Å². The molecule has 0 spiro atoms. The largest absolute Gasteiger partial charge is 0.494 e. The molecule has 5 aromatic carbocycles. The predicted octanol–water partition coefficient (Wildman–Crippen LogP) is 9.69. The Bertz CT molecular complexity index is 1420. The zero-order chi connectivity index (χ0) is 25.6. The van der Waals surface area contributed by atoms with Gasteiger partial charge in [0.1, 0.15) is 11.5 Å². The molecule has 0 N–H and O–H groups in total. The summed E-state index contributed by atoms with van der Waals surface area (Å²) < 4.78 is 12.2. The van der Waals surface area contributed by atoms with Crippen molar-refractivity contribution in [2.75, 3.05) is 13.2 Å². The summed E-state index contributed by atoms with van der Waals surface area (Å²) in [7, 11) is 0. The normalized spacial score (nSPS) is 13.6. The molecule has 5 aromatic rings. The summed E-state index contributed by atoms with van der Waals surface area (Å²) >= 11 is 0. The molecule has 0 fully saturated rings. The highest BCUT2D eigenvalue weighted by Gasteiger charge is 2.08. The van der Waals surface area contributed by atoms with Crippen molar-refractivity contribution in [3.05, 3.63) is 121 Å². The van der Waals surface area contributed by atoms with Gasteiger partial charge in [-0.1, -0.05) is 78.9 Å². The van der Waals surface area contributed by atoms with Gasteiger partial charge in [0.2, 0.25) is 0 Å². The highest BCUT2D eigenvalue weighted by Crippen LogP contribution is 2.33. The third-order valence-electron chi connectivity index (χ3n) is 7.17. The van der Waals surface area contributed by atoms with Gasteiger partial charge in [-0.15, -0.1) is 0 Å². The fourth-order valence-corrected chi connectivity index (χ4v) is 5.10. The fourth-order valence-electron chi connectivity index (χ4n) is 5.10. The summed E-state index contributed by atoms with van der Waals surface area (Å²) in [5.74, 6) is 1.85. The number of hydrogen-bond donors (Lipinski definition) is 0. The van der Waals surface area contributed by atoms with E-state index in [1.165, 1.54) is 44.5 Å². The first-order valence-corrected chi connectivity index (χ1v) is 13.6. The Hall–Kier alpha value is -4.30. The minimum Gasteiger partial charge on any atom is -0.494 e. The average Bonchev–Trinajstić information content (AvgIpc) is 2.99. The van der Waals surface area contributed by atoms with Gasteiger partial charge >= 0.3 is 0 Å². The van der Waals surface area contributed by atoms with Crippen LogP contribution in [-0.4, -0.2) is 13.2 Å². The van der Waals surface area contributed by atoms with E-state index in [0.29, 0.717) is 0 Å². The van der Waals surface area contributed by atoms with E-state index in [4.69, 9.17) is 9.47 Å². The summed E-state index contributed by atoms with van der Waals surface area (Å²) in [4.78, 5) is 0. The van der Waals surface area contributed by atoms with Gasteiger partial charge in [-0.05, 0) is 113 Å². The number of rotatable bonds is 0. The van der Waals surface area contributed by atoms with E-state index in [1.54, 1.807) is 0 Å². The summed E-state index contributed by atoms with van der Waals surface area (Å²) in [6.07, 6.45) is 4.36. The molecule has 1 aliphatic heterocycles. The van der Waals surface area contributed by atoms with Crippen LogP contribution in [0.3, 0.4) is 0 Å². The Balaban J connectivity index is 1.38. The Kier molecular flexibility index (Phi) is 7.22. The van der Waals surface area contributed by atoms with Gasteiger partial charge in [0.25, 0.3) is 0 Å². The Morgan fingerprint density at radius 2 is 0.605 bits per heavy atom. The van der Waals surface area contributed by atoms with Crippen molar-refractivity contribution in [2.45, 2.75) is 25.7 Å². The first-order chi connectivity index (χ1) is 18.8. The Morgan fingerprint density at radius 3 is 0.947 bits per heavy atom. The SMILES string of the molecule is c1cc2cc(c1)-c1cccc(c1)-c1cccc(c1)-c1cccc(c1)-c1cccc(c1)OCCCCCCO2. The van der Waals surface area contributed by atoms with Gasteiger partial charge in [0.15, 0.2) is 0 Å². The molecule has 2 heteroatoms. The second-order valence-corrected chi connectivity index (χ2v) is 9.91. The first-order valence-electron chi connectivity index (χ1n) is 13.6. The van der Waals surface area contributed by atoms with Crippen LogP contribution in [-0.2, 0) is 0 Å². The standard InChI is InChI=1S/C36H32O2/c1-2-4-21-38-36-19-9-17-34(26-36)32-15-7-13-30(24-32)28-11-5-10-27(22-28)29-12-6-14-31(23-29)33-16-8-18-35(25-33)37-20-3-1/h5-19,22-26H,1-4,20-21H2. The molecule has 2 nitrogen and oxygen atoms in total. The van der Waals surface area contributed by atoms with E-state index in [0.717, 1.165) is 50.4 Å². The van der Waals surface area contributed by atoms with Gasteiger partial charge in [0, 0.05) is 0 Å². The van der Waals surface area contributed by atoms with Crippen LogP contribution in [0.5, 0.6) is 11.5 Å². The lowest BCUT2D eigenvalue weighted by atomic mass is 9.95. The smallest absolute Gasteiger partial charge is 0.119 e. The second kappa shape index (κ2) is 11.4. The molecule has 1 heterocycles. The third kappa shape index (κ3) is 5.65. The topological polar surface area (TPSA) is 18.5 Å². The quantitative estimate of drug-likeness (QED) is 0.212. The maximum Gasteiger partial charge on any atom is 0.119 e. The van der Waals surface area contributed by atoms with Crippen LogP contribution >= 0.6 is 0 Å². The van der Waals surface area contributed by atoms with Crippen molar-refractivity contribution < 1.29 is 9.47 Å². The molecule has 38 heavy (non-hydrogen) atoms. The number of ether oxygens (including phenoxy) is 2. The number of hydrogen-bond acceptors (Lipinski definition) is 2. The molecule has 0 amide bonds. The van der Waals surface area contributed by atoms with E-state index < -0.39 is 0 Å². The predicted molar refractivity (Wildman–Crippen MR) is 158 cm³/mol. The van der Waals surface area contributed by atoms with Crippen LogP contribution in [0.15, 0.2) is 121 Å². The molecule has 0 atom stereocenters. The first kappa shape index (κ1) is 24.1. The summed E-state index contributed by atoms with van der Waals surface area (Å²) in [5.41, 5.74) is 9.55. The molecule has 0 aliphatic carbocycles. The average molecular weight is 497 g/mol. The molecule has 0 aromatic heterocycles. The zero-order valence-electron chi connectivity index (χ0n) is 21.6. The number of fused-ring (bicyclic) bond motifs is 14. The summed E-state index contributed by atoms with van der Waals surface area (Å²) in [5, 5.41) is 0. The molecule has 0 saturated heterocycles. The molecular weight excluding hydrogens is 464 g/mol. The molecule has 10 bridgehead atoms. The molecule has 0 radical (unpaired) electrons. The van der Waals surface area contributed by atoms with E-state index in [-0.39, 0.29) is 0 Å². The lowest BCUT2D eigenvalue weighted by Gasteiger charge is -2.11. The van der Waals surface area contributed by atoms with Gasteiger partial charge in [0.05, 0.1) is 13.2 Å². The summed E-state index contributed by atoms with van der Waals surface area (Å²) in [6, 6.07) is 43.2. The van der Waals surface area contributed by atoms with Crippen LogP contribution in [0.1, 0.15) is 25.7 Å². The monoisotopic (exact) mass is 496 g/mol. The van der Waals surface area contributed by atoms with Gasteiger partial charge < -0.3 is 9.47 Å². The third-order valence-corrected chi connectivity index (χ3v) is 7.17. The molecule has 6 rings (SSSR count). The van der Waals surface area contributed by atoms with Crippen LogP contribution < -0.4 is 9.47 Å². The van der Waals surface area contributed by atoms with Crippen molar-refractivity contribution in [3.63, 3.8) is 0 Å². The molecule has 0 saturated carbocycles. The fraction of sp³-hybridized carbons (Fsp3) is 0.167. The molecule has 188 valence electrons. The minimum absolute atomic E-state index is 0.734. The van der Waals surface area contributed by atoms with Crippen LogP contribution in [0, 0.1) is 0 Å². The highest BCUT2D eigenvalue weighted by atomic mass is 16.5. The Labute approximate surface area is 225 Å². The summed E-state index contributed by atoms with van der Waals surface area (Å²) in [6.45, 7) is 1.47. The van der Waals surface area contributed by atoms with E-state index in [1.807, 2.05) is 12.1 Å². The van der Waals surface area contributed by atoms with Crippen molar-refractivity contribution in [1.82, 2.24) is 0 Å². The van der Waals surface area contributed by atoms with Crippen LogP contribution in [0.4, 0.5) is 0 Å². The maximum absolute atomic E-state index is 6.10. The number of benzene rings is 5. The van der Waals surface area contributed by atoms with Crippen molar-refractivity contribution >= 4 is 0 Å². The molecule has 0 unspecified atom stereocenters. The van der Waals surface area contributed by atoms with E-state index >= 15 is 0 Å². The molecule has 1 aliphatic rings. The van der Waals surface area contributed by atoms with Crippen LogP contribution in [0.2, 0.25) is 0 Å².